The van der Waals surface area contributed by atoms with E-state index in [9.17, 15) is 18.7 Å². The molecule has 0 saturated carbocycles. The van der Waals surface area contributed by atoms with Crippen LogP contribution in [0.1, 0.15) is 10.5 Å². The Morgan fingerprint density at radius 1 is 1.12 bits per heavy atom. The van der Waals surface area contributed by atoms with Gasteiger partial charge in [-0.2, -0.15) is 0 Å². The quantitative estimate of drug-likeness (QED) is 0.467. The van der Waals surface area contributed by atoms with Crippen molar-refractivity contribution in [3.8, 4) is 0 Å². The fraction of sp³-hybridized carbons (Fsp3) is 0. The minimum atomic E-state index is -1.24. The number of aromatic carboxylic acids is 1. The van der Waals surface area contributed by atoms with Crippen molar-refractivity contribution in [3.63, 3.8) is 0 Å². The molecule has 0 aliphatic carbocycles. The summed E-state index contributed by atoms with van der Waals surface area (Å²) in [6.07, 6.45) is 0. The predicted molar refractivity (Wildman–Crippen MR) is 95.2 cm³/mol. The summed E-state index contributed by atoms with van der Waals surface area (Å²) in [5.41, 5.74) is 1.12. The molecule has 0 unspecified atom stereocenters. The number of pyridine rings is 1. The van der Waals surface area contributed by atoms with Crippen LogP contribution < -0.4 is 5.32 Å². The van der Waals surface area contributed by atoms with Crippen LogP contribution in [0.5, 0.6) is 0 Å². The number of aromatic nitrogens is 2. The summed E-state index contributed by atoms with van der Waals surface area (Å²) in [7, 11) is 0. The molecule has 5 nitrogen and oxygen atoms in total. The maximum absolute atomic E-state index is 13.7. The molecule has 4 rings (SSSR count). The van der Waals surface area contributed by atoms with Crippen molar-refractivity contribution in [2.75, 3.05) is 5.32 Å². The molecule has 0 radical (unpaired) electrons. The van der Waals surface area contributed by atoms with E-state index in [-0.39, 0.29) is 11.5 Å². The molecule has 2 aromatic heterocycles. The first kappa shape index (κ1) is 16.3. The third kappa shape index (κ3) is 2.72. The Bertz CT molecular complexity index is 1190. The molecule has 0 aliphatic rings. The van der Waals surface area contributed by atoms with Gasteiger partial charge >= 0.3 is 5.97 Å². The van der Waals surface area contributed by atoms with Gasteiger partial charge in [-0.05, 0) is 30.3 Å². The molecule has 0 spiro atoms. The van der Waals surface area contributed by atoms with Crippen LogP contribution in [0, 0.1) is 11.6 Å². The van der Waals surface area contributed by atoms with E-state index in [0.29, 0.717) is 32.5 Å². The molecule has 8 heteroatoms. The highest BCUT2D eigenvalue weighted by Crippen LogP contribution is 2.33. The predicted octanol–water partition coefficient (Wildman–Crippen LogP) is 5.09. The highest BCUT2D eigenvalue weighted by molar-refractivity contribution is 6.30. The minimum Gasteiger partial charge on any atom is -0.477 e. The van der Waals surface area contributed by atoms with Gasteiger partial charge in [0.2, 0.25) is 0 Å². The number of carbonyl (C=O) groups is 1. The maximum atomic E-state index is 13.7. The van der Waals surface area contributed by atoms with Gasteiger partial charge in [0, 0.05) is 33.1 Å². The number of hydrogen-bond acceptors (Lipinski definition) is 3. The molecule has 0 saturated heterocycles. The SMILES string of the molecule is O=C(O)c1cc2c([nH]c3cc(F)c(F)cc32)c(Nc2cccc(Cl)c2)n1. The first-order valence-electron chi connectivity index (χ1n) is 7.50. The van der Waals surface area contributed by atoms with E-state index < -0.39 is 17.6 Å². The Balaban J connectivity index is 1.99. The fourth-order valence-electron chi connectivity index (χ4n) is 2.79. The van der Waals surface area contributed by atoms with E-state index in [1.807, 2.05) is 0 Å². The number of halogens is 3. The average molecular weight is 374 g/mol. The summed E-state index contributed by atoms with van der Waals surface area (Å²) in [6.45, 7) is 0. The number of rotatable bonds is 3. The van der Waals surface area contributed by atoms with Crippen LogP contribution in [0.4, 0.5) is 20.3 Å². The monoisotopic (exact) mass is 373 g/mol. The van der Waals surface area contributed by atoms with Gasteiger partial charge in [0.25, 0.3) is 0 Å². The molecule has 0 amide bonds. The number of fused-ring (bicyclic) bond motifs is 3. The summed E-state index contributed by atoms with van der Waals surface area (Å²) in [6, 6.07) is 10.2. The van der Waals surface area contributed by atoms with Gasteiger partial charge in [-0.15, -0.1) is 0 Å². The van der Waals surface area contributed by atoms with E-state index in [2.05, 4.69) is 15.3 Å². The van der Waals surface area contributed by atoms with Crippen molar-refractivity contribution < 1.29 is 18.7 Å². The van der Waals surface area contributed by atoms with E-state index in [1.54, 1.807) is 24.3 Å². The molecule has 0 bridgehead atoms. The molecular formula is C18H10ClF2N3O2. The van der Waals surface area contributed by atoms with Crippen LogP contribution in [0.3, 0.4) is 0 Å². The molecule has 0 fully saturated rings. The lowest BCUT2D eigenvalue weighted by Crippen LogP contribution is -2.03. The van der Waals surface area contributed by atoms with Crippen molar-refractivity contribution in [1.82, 2.24) is 9.97 Å². The summed E-state index contributed by atoms with van der Waals surface area (Å²) in [5, 5.41) is 13.6. The summed E-state index contributed by atoms with van der Waals surface area (Å²) in [5.74, 6) is -3.05. The van der Waals surface area contributed by atoms with Crippen LogP contribution in [-0.2, 0) is 0 Å². The van der Waals surface area contributed by atoms with Crippen LogP contribution in [0.15, 0.2) is 42.5 Å². The average Bonchev–Trinajstić information content (AvgIpc) is 2.93. The zero-order valence-electron chi connectivity index (χ0n) is 13.0. The lowest BCUT2D eigenvalue weighted by atomic mass is 10.1. The Kier molecular flexibility index (Phi) is 3.73. The van der Waals surface area contributed by atoms with Crippen LogP contribution in [0.2, 0.25) is 5.02 Å². The second-order valence-corrected chi connectivity index (χ2v) is 6.09. The Labute approximate surface area is 150 Å². The van der Waals surface area contributed by atoms with Gasteiger partial charge in [0.15, 0.2) is 23.1 Å². The van der Waals surface area contributed by atoms with Crippen molar-refractivity contribution in [3.05, 3.63) is 64.8 Å². The van der Waals surface area contributed by atoms with Gasteiger partial charge in [-0.3, -0.25) is 0 Å². The van der Waals surface area contributed by atoms with Crippen LogP contribution in [0.25, 0.3) is 21.8 Å². The van der Waals surface area contributed by atoms with E-state index in [0.717, 1.165) is 12.1 Å². The molecule has 0 atom stereocenters. The van der Waals surface area contributed by atoms with Crippen molar-refractivity contribution in [2.45, 2.75) is 0 Å². The van der Waals surface area contributed by atoms with Crippen molar-refractivity contribution in [2.24, 2.45) is 0 Å². The molecular weight excluding hydrogens is 364 g/mol. The van der Waals surface area contributed by atoms with E-state index in [1.165, 1.54) is 6.07 Å². The third-order valence-corrected chi connectivity index (χ3v) is 4.17. The summed E-state index contributed by atoms with van der Waals surface area (Å²) in [4.78, 5) is 18.5. The topological polar surface area (TPSA) is 78.0 Å². The minimum absolute atomic E-state index is 0.208. The summed E-state index contributed by atoms with van der Waals surface area (Å²) < 4.78 is 27.2. The van der Waals surface area contributed by atoms with Gasteiger partial charge in [0.05, 0.1) is 5.52 Å². The second-order valence-electron chi connectivity index (χ2n) is 5.66. The lowest BCUT2D eigenvalue weighted by Gasteiger charge is -2.08. The number of hydrogen-bond donors (Lipinski definition) is 3. The smallest absolute Gasteiger partial charge is 0.354 e. The van der Waals surface area contributed by atoms with Crippen LogP contribution >= 0.6 is 11.6 Å². The number of anilines is 2. The lowest BCUT2D eigenvalue weighted by molar-refractivity contribution is 0.0691. The highest BCUT2D eigenvalue weighted by Gasteiger charge is 2.17. The number of H-pyrrole nitrogens is 1. The van der Waals surface area contributed by atoms with E-state index in [4.69, 9.17) is 11.6 Å². The molecule has 2 aromatic carbocycles. The van der Waals surface area contributed by atoms with Gasteiger partial charge in [-0.1, -0.05) is 17.7 Å². The van der Waals surface area contributed by atoms with Gasteiger partial charge in [0.1, 0.15) is 0 Å². The normalized spacial score (nSPS) is 11.2. The van der Waals surface area contributed by atoms with E-state index >= 15 is 0 Å². The first-order chi connectivity index (χ1) is 12.4. The standard InChI is InChI=1S/C18H10ClF2N3O2/c19-8-2-1-3-9(4-8)22-17-16-11(6-15(24-17)18(25)26)10-5-12(20)13(21)7-14(10)23-16/h1-7,23H,(H,22,24)(H,25,26). The maximum Gasteiger partial charge on any atom is 0.354 e. The zero-order chi connectivity index (χ0) is 18.4. The fourth-order valence-corrected chi connectivity index (χ4v) is 2.99. The Morgan fingerprint density at radius 2 is 1.88 bits per heavy atom. The van der Waals surface area contributed by atoms with Gasteiger partial charge in [-0.25, -0.2) is 18.6 Å². The summed E-state index contributed by atoms with van der Waals surface area (Å²) >= 11 is 5.96. The van der Waals surface area contributed by atoms with Crippen LogP contribution in [-0.4, -0.2) is 21.0 Å². The number of nitrogens with one attached hydrogen (secondary N) is 2. The largest absolute Gasteiger partial charge is 0.477 e. The number of benzene rings is 2. The molecule has 0 aliphatic heterocycles. The van der Waals surface area contributed by atoms with Gasteiger partial charge < -0.3 is 15.4 Å². The molecule has 3 N–H and O–H groups in total. The van der Waals surface area contributed by atoms with Crippen molar-refractivity contribution in [1.29, 1.82) is 0 Å². The third-order valence-electron chi connectivity index (χ3n) is 3.94. The highest BCUT2D eigenvalue weighted by atomic mass is 35.5. The molecule has 130 valence electrons. The van der Waals surface area contributed by atoms with Crippen molar-refractivity contribution >= 4 is 50.9 Å². The number of nitrogens with zero attached hydrogens (tertiary/aromatic N) is 1. The number of carboxylic acid groups (broad SMARTS) is 1. The molecule has 4 aromatic rings. The zero-order valence-corrected chi connectivity index (χ0v) is 13.7. The Hall–Kier alpha value is -3.19. The number of carboxylic acids is 1. The molecule has 2 heterocycles. The number of aromatic amines is 1. The molecule has 26 heavy (non-hydrogen) atoms. The first-order valence-corrected chi connectivity index (χ1v) is 7.87. The second kappa shape index (κ2) is 5.96. The Morgan fingerprint density at radius 3 is 2.62 bits per heavy atom.